The van der Waals surface area contributed by atoms with Crippen LogP contribution < -0.4 is 5.32 Å². The van der Waals surface area contributed by atoms with E-state index in [4.69, 9.17) is 11.6 Å². The smallest absolute Gasteiger partial charge is 0.0455 e. The third-order valence-corrected chi connectivity index (χ3v) is 3.09. The Morgan fingerprint density at radius 3 is 3.00 bits per heavy atom. The zero-order valence-electron chi connectivity index (χ0n) is 8.02. The first-order valence-corrected chi connectivity index (χ1v) is 5.08. The first-order chi connectivity index (χ1) is 6.18. The van der Waals surface area contributed by atoms with Gasteiger partial charge in [0, 0.05) is 17.3 Å². The fourth-order valence-corrected chi connectivity index (χ4v) is 2.04. The van der Waals surface area contributed by atoms with Crippen molar-refractivity contribution in [1.29, 1.82) is 0 Å². The molecule has 0 aromatic heterocycles. The lowest BCUT2D eigenvalue weighted by atomic mass is 9.93. The molecule has 70 valence electrons. The molecule has 0 spiro atoms. The third-order valence-electron chi connectivity index (χ3n) is 2.68. The highest BCUT2D eigenvalue weighted by Gasteiger charge is 2.16. The monoisotopic (exact) mass is 195 g/mol. The Hall–Kier alpha value is -0.690. The maximum atomic E-state index is 6.04. The van der Waals surface area contributed by atoms with Crippen LogP contribution in [0.5, 0.6) is 0 Å². The molecule has 0 amide bonds. The Kier molecular flexibility index (Phi) is 2.20. The van der Waals surface area contributed by atoms with Crippen LogP contribution in [0, 0.1) is 12.8 Å². The minimum atomic E-state index is 0.730. The summed E-state index contributed by atoms with van der Waals surface area (Å²) in [5.41, 5.74) is 3.84. The van der Waals surface area contributed by atoms with Crippen LogP contribution in [0.1, 0.15) is 18.1 Å². The van der Waals surface area contributed by atoms with Crippen molar-refractivity contribution in [2.75, 3.05) is 11.9 Å². The van der Waals surface area contributed by atoms with E-state index in [0.29, 0.717) is 0 Å². The second kappa shape index (κ2) is 3.22. The number of anilines is 1. The van der Waals surface area contributed by atoms with E-state index >= 15 is 0 Å². The van der Waals surface area contributed by atoms with Gasteiger partial charge in [-0.15, -0.1) is 0 Å². The van der Waals surface area contributed by atoms with Crippen LogP contribution >= 0.6 is 11.6 Å². The van der Waals surface area contributed by atoms with Gasteiger partial charge in [-0.2, -0.15) is 0 Å². The second-order valence-corrected chi connectivity index (χ2v) is 4.30. The number of benzene rings is 1. The van der Waals surface area contributed by atoms with Crippen molar-refractivity contribution < 1.29 is 0 Å². The van der Waals surface area contributed by atoms with Gasteiger partial charge in [0.2, 0.25) is 0 Å². The van der Waals surface area contributed by atoms with E-state index in [1.807, 2.05) is 6.07 Å². The lowest BCUT2D eigenvalue weighted by molar-refractivity contribution is 0.594. The van der Waals surface area contributed by atoms with E-state index in [-0.39, 0.29) is 0 Å². The predicted octanol–water partition coefficient (Wildman–Crippen LogP) is 3.25. The van der Waals surface area contributed by atoms with Crippen LogP contribution in [0.15, 0.2) is 12.1 Å². The molecule has 1 aromatic rings. The Morgan fingerprint density at radius 2 is 2.23 bits per heavy atom. The summed E-state index contributed by atoms with van der Waals surface area (Å²) in [4.78, 5) is 0. The maximum absolute atomic E-state index is 6.04. The SMILES string of the molecule is Cc1c(Cl)ccc2c1NCC(C)C2. The first kappa shape index (κ1) is 8.89. The molecule has 0 radical (unpaired) electrons. The molecule has 0 saturated carbocycles. The summed E-state index contributed by atoms with van der Waals surface area (Å²) in [5.74, 6) is 0.730. The third kappa shape index (κ3) is 1.53. The van der Waals surface area contributed by atoms with Crippen LogP contribution in [-0.2, 0) is 6.42 Å². The van der Waals surface area contributed by atoms with Crippen LogP contribution in [0.2, 0.25) is 5.02 Å². The molecular weight excluding hydrogens is 182 g/mol. The predicted molar refractivity (Wildman–Crippen MR) is 57.5 cm³/mol. The van der Waals surface area contributed by atoms with E-state index in [2.05, 4.69) is 25.2 Å². The molecule has 0 saturated heterocycles. The van der Waals surface area contributed by atoms with Crippen molar-refractivity contribution in [3.8, 4) is 0 Å². The molecule has 1 atom stereocenters. The Balaban J connectivity index is 2.47. The molecule has 0 aliphatic carbocycles. The summed E-state index contributed by atoms with van der Waals surface area (Å²) in [6, 6.07) is 4.13. The first-order valence-electron chi connectivity index (χ1n) is 4.70. The highest BCUT2D eigenvalue weighted by atomic mass is 35.5. The molecule has 2 rings (SSSR count). The van der Waals surface area contributed by atoms with Gasteiger partial charge in [-0.25, -0.2) is 0 Å². The largest absolute Gasteiger partial charge is 0.384 e. The van der Waals surface area contributed by atoms with E-state index < -0.39 is 0 Å². The number of hydrogen-bond acceptors (Lipinski definition) is 1. The average Bonchev–Trinajstić information content (AvgIpc) is 2.12. The van der Waals surface area contributed by atoms with Crippen molar-refractivity contribution >= 4 is 17.3 Å². The summed E-state index contributed by atoms with van der Waals surface area (Å²) in [6.07, 6.45) is 1.17. The minimum absolute atomic E-state index is 0.730. The van der Waals surface area contributed by atoms with Gasteiger partial charge in [-0.3, -0.25) is 0 Å². The highest BCUT2D eigenvalue weighted by Crippen LogP contribution is 2.31. The lowest BCUT2D eigenvalue weighted by Gasteiger charge is -2.25. The standard InChI is InChI=1S/C11H14ClN/c1-7-5-9-3-4-10(12)8(2)11(9)13-6-7/h3-4,7,13H,5-6H2,1-2H3. The number of halogens is 1. The quantitative estimate of drug-likeness (QED) is 0.670. The summed E-state index contributed by atoms with van der Waals surface area (Å²) in [7, 11) is 0. The van der Waals surface area contributed by atoms with Gasteiger partial charge in [0.25, 0.3) is 0 Å². The van der Waals surface area contributed by atoms with Crippen molar-refractivity contribution in [3.63, 3.8) is 0 Å². The number of rotatable bonds is 0. The lowest BCUT2D eigenvalue weighted by Crippen LogP contribution is -2.21. The average molecular weight is 196 g/mol. The summed E-state index contributed by atoms with van der Waals surface area (Å²) in [6.45, 7) is 5.40. The highest BCUT2D eigenvalue weighted by molar-refractivity contribution is 6.31. The van der Waals surface area contributed by atoms with Crippen molar-refractivity contribution in [1.82, 2.24) is 0 Å². The zero-order chi connectivity index (χ0) is 9.42. The zero-order valence-corrected chi connectivity index (χ0v) is 8.78. The van der Waals surface area contributed by atoms with Crippen molar-refractivity contribution in [3.05, 3.63) is 28.3 Å². The van der Waals surface area contributed by atoms with Gasteiger partial charge in [0.05, 0.1) is 0 Å². The molecule has 0 bridgehead atoms. The summed E-state index contributed by atoms with van der Waals surface area (Å²) >= 11 is 6.04. The Bertz CT molecular complexity index is 333. The molecule has 1 heterocycles. The van der Waals surface area contributed by atoms with Gasteiger partial charge in [-0.1, -0.05) is 24.6 Å². The van der Waals surface area contributed by atoms with E-state index in [9.17, 15) is 0 Å². The molecule has 1 aliphatic rings. The molecule has 1 nitrogen and oxygen atoms in total. The molecule has 0 fully saturated rings. The normalized spacial score (nSPS) is 20.7. The van der Waals surface area contributed by atoms with Crippen LogP contribution in [0.4, 0.5) is 5.69 Å². The topological polar surface area (TPSA) is 12.0 Å². The van der Waals surface area contributed by atoms with Gasteiger partial charge >= 0.3 is 0 Å². The van der Waals surface area contributed by atoms with Crippen LogP contribution in [0.25, 0.3) is 0 Å². The van der Waals surface area contributed by atoms with E-state index in [1.165, 1.54) is 23.2 Å². The minimum Gasteiger partial charge on any atom is -0.384 e. The molecular formula is C11H14ClN. The van der Waals surface area contributed by atoms with Gasteiger partial charge in [-0.05, 0) is 36.5 Å². The fraction of sp³-hybridized carbons (Fsp3) is 0.455. The molecule has 1 unspecified atom stereocenters. The van der Waals surface area contributed by atoms with Crippen molar-refractivity contribution in [2.24, 2.45) is 5.92 Å². The summed E-state index contributed by atoms with van der Waals surface area (Å²) < 4.78 is 0. The second-order valence-electron chi connectivity index (χ2n) is 3.90. The van der Waals surface area contributed by atoms with Gasteiger partial charge in [0.1, 0.15) is 0 Å². The number of hydrogen-bond donors (Lipinski definition) is 1. The Labute approximate surface area is 84.1 Å². The molecule has 13 heavy (non-hydrogen) atoms. The number of fused-ring (bicyclic) bond motifs is 1. The van der Waals surface area contributed by atoms with E-state index in [1.54, 1.807) is 0 Å². The molecule has 1 aromatic carbocycles. The van der Waals surface area contributed by atoms with Gasteiger partial charge < -0.3 is 5.32 Å². The molecule has 1 N–H and O–H groups in total. The molecule has 2 heteroatoms. The van der Waals surface area contributed by atoms with Crippen molar-refractivity contribution in [2.45, 2.75) is 20.3 Å². The van der Waals surface area contributed by atoms with Crippen LogP contribution in [-0.4, -0.2) is 6.54 Å². The fourth-order valence-electron chi connectivity index (χ4n) is 1.88. The number of nitrogens with one attached hydrogen (secondary N) is 1. The summed E-state index contributed by atoms with van der Waals surface area (Å²) in [5, 5.41) is 4.30. The maximum Gasteiger partial charge on any atom is 0.0455 e. The van der Waals surface area contributed by atoms with E-state index in [0.717, 1.165) is 17.5 Å². The molecule has 1 aliphatic heterocycles. The van der Waals surface area contributed by atoms with Crippen LogP contribution in [0.3, 0.4) is 0 Å². The Morgan fingerprint density at radius 1 is 1.46 bits per heavy atom. The van der Waals surface area contributed by atoms with Gasteiger partial charge in [0.15, 0.2) is 0 Å².